The fourth-order valence-electron chi connectivity index (χ4n) is 1.86. The summed E-state index contributed by atoms with van der Waals surface area (Å²) in [5.74, 6) is -0.277. The zero-order chi connectivity index (χ0) is 12.7. The highest BCUT2D eigenvalue weighted by molar-refractivity contribution is 5.75. The quantitative estimate of drug-likeness (QED) is 0.387. The van der Waals surface area contributed by atoms with Gasteiger partial charge in [-0.15, -0.1) is 0 Å². The van der Waals surface area contributed by atoms with E-state index in [0.717, 1.165) is 39.1 Å². The summed E-state index contributed by atoms with van der Waals surface area (Å²) in [5, 5.41) is 1.51. The van der Waals surface area contributed by atoms with Crippen LogP contribution in [-0.4, -0.2) is 80.0 Å². The molecule has 1 aliphatic heterocycles. The number of hydrogen-bond donors (Lipinski definition) is 2. The lowest BCUT2D eigenvalue weighted by atomic mass is 10.3. The van der Waals surface area contributed by atoms with Gasteiger partial charge in [0, 0.05) is 46.3 Å². The zero-order valence-corrected chi connectivity index (χ0v) is 10.3. The van der Waals surface area contributed by atoms with Gasteiger partial charge in [0.15, 0.2) is 0 Å². The Balaban J connectivity index is 2.18. The van der Waals surface area contributed by atoms with Crippen molar-refractivity contribution < 1.29 is 9.59 Å². The Bertz CT molecular complexity index is 253. The van der Waals surface area contributed by atoms with Gasteiger partial charge in [0.2, 0.25) is 12.3 Å². The van der Waals surface area contributed by atoms with Crippen molar-refractivity contribution in [2.24, 2.45) is 5.73 Å². The third-order valence-electron chi connectivity index (χ3n) is 2.92. The monoisotopic (exact) mass is 243 g/mol. The molecular formula is C10H21N5O2. The predicted molar refractivity (Wildman–Crippen MR) is 63.9 cm³/mol. The van der Waals surface area contributed by atoms with Crippen molar-refractivity contribution in [3.05, 3.63) is 0 Å². The zero-order valence-electron chi connectivity index (χ0n) is 10.3. The second-order valence-electron chi connectivity index (χ2n) is 4.11. The molecular weight excluding hydrogens is 222 g/mol. The number of piperazine rings is 1. The molecule has 0 unspecified atom stereocenters. The fraction of sp³-hybridized carbons (Fsp3) is 0.800. The minimum Gasteiger partial charge on any atom is -0.369 e. The summed E-state index contributed by atoms with van der Waals surface area (Å²) >= 11 is 0. The van der Waals surface area contributed by atoms with Crippen molar-refractivity contribution in [2.45, 2.75) is 0 Å². The number of carbonyl (C=O) groups excluding carboxylic acids is 2. The van der Waals surface area contributed by atoms with Gasteiger partial charge in [0.25, 0.3) is 0 Å². The van der Waals surface area contributed by atoms with Crippen LogP contribution >= 0.6 is 0 Å². The molecule has 1 heterocycles. The van der Waals surface area contributed by atoms with Gasteiger partial charge in [-0.25, -0.2) is 5.43 Å². The Morgan fingerprint density at radius 2 is 1.94 bits per heavy atom. The molecule has 7 nitrogen and oxygen atoms in total. The number of primary amides is 1. The average molecular weight is 243 g/mol. The highest BCUT2D eigenvalue weighted by atomic mass is 16.1. The summed E-state index contributed by atoms with van der Waals surface area (Å²) in [7, 11) is 1.72. The Hall–Kier alpha value is -1.18. The molecule has 98 valence electrons. The van der Waals surface area contributed by atoms with Crippen LogP contribution in [0, 0.1) is 0 Å². The van der Waals surface area contributed by atoms with Crippen molar-refractivity contribution >= 4 is 12.3 Å². The van der Waals surface area contributed by atoms with Crippen molar-refractivity contribution in [3.8, 4) is 0 Å². The Kier molecular flexibility index (Phi) is 5.88. The van der Waals surface area contributed by atoms with E-state index < -0.39 is 0 Å². The summed E-state index contributed by atoms with van der Waals surface area (Å²) in [6.45, 7) is 5.35. The predicted octanol–water partition coefficient (Wildman–Crippen LogP) is -2.32. The van der Waals surface area contributed by atoms with Crippen LogP contribution < -0.4 is 11.2 Å². The number of hydrazine groups is 1. The second-order valence-corrected chi connectivity index (χ2v) is 4.11. The number of nitrogens with one attached hydrogen (secondary N) is 1. The van der Waals surface area contributed by atoms with Crippen LogP contribution in [0.3, 0.4) is 0 Å². The third kappa shape index (κ3) is 5.12. The number of carbonyl (C=O) groups is 2. The SMILES string of the molecule is CNN(C=O)CCN1CCN(CC(N)=O)CC1. The van der Waals surface area contributed by atoms with Crippen LogP contribution in [0.4, 0.5) is 0 Å². The van der Waals surface area contributed by atoms with Gasteiger partial charge in [-0.3, -0.25) is 24.4 Å². The van der Waals surface area contributed by atoms with Gasteiger partial charge >= 0.3 is 0 Å². The summed E-state index contributed by atoms with van der Waals surface area (Å²) in [4.78, 5) is 25.6. The molecule has 2 amide bonds. The standard InChI is InChI=1S/C10H21N5O2/c1-12-15(9-16)7-6-13-2-4-14(5-3-13)8-10(11)17/h9,12H,2-8H2,1H3,(H2,11,17). The summed E-state index contributed by atoms with van der Waals surface area (Å²) in [6, 6.07) is 0. The maximum Gasteiger partial charge on any atom is 0.231 e. The highest BCUT2D eigenvalue weighted by Crippen LogP contribution is 2.00. The summed E-state index contributed by atoms with van der Waals surface area (Å²) < 4.78 is 0. The van der Waals surface area contributed by atoms with E-state index in [-0.39, 0.29) is 5.91 Å². The molecule has 1 aliphatic rings. The van der Waals surface area contributed by atoms with Crippen LogP contribution in [-0.2, 0) is 9.59 Å². The molecule has 0 spiro atoms. The van der Waals surface area contributed by atoms with E-state index in [9.17, 15) is 9.59 Å². The van der Waals surface area contributed by atoms with E-state index in [1.807, 2.05) is 4.90 Å². The molecule has 0 saturated carbocycles. The van der Waals surface area contributed by atoms with E-state index in [4.69, 9.17) is 5.73 Å². The first-order valence-corrected chi connectivity index (χ1v) is 5.78. The molecule has 17 heavy (non-hydrogen) atoms. The Labute approximate surface area is 101 Å². The van der Waals surface area contributed by atoms with E-state index in [1.165, 1.54) is 5.01 Å². The smallest absolute Gasteiger partial charge is 0.231 e. The molecule has 1 rings (SSSR count). The fourth-order valence-corrected chi connectivity index (χ4v) is 1.86. The molecule has 0 bridgehead atoms. The largest absolute Gasteiger partial charge is 0.369 e. The lowest BCUT2D eigenvalue weighted by Crippen LogP contribution is -2.51. The first-order valence-electron chi connectivity index (χ1n) is 5.78. The van der Waals surface area contributed by atoms with E-state index in [0.29, 0.717) is 13.1 Å². The van der Waals surface area contributed by atoms with Crippen LogP contribution in [0.2, 0.25) is 0 Å². The lowest BCUT2D eigenvalue weighted by molar-refractivity contribution is -0.121. The molecule has 0 aromatic carbocycles. The second kappa shape index (κ2) is 7.21. The van der Waals surface area contributed by atoms with Crippen molar-refractivity contribution in [1.29, 1.82) is 0 Å². The number of nitrogens with two attached hydrogens (primary N) is 1. The summed E-state index contributed by atoms with van der Waals surface area (Å²) in [5.41, 5.74) is 7.94. The van der Waals surface area contributed by atoms with Gasteiger partial charge in [0.1, 0.15) is 0 Å². The first-order chi connectivity index (χ1) is 8.15. The van der Waals surface area contributed by atoms with Gasteiger partial charge in [-0.2, -0.15) is 0 Å². The van der Waals surface area contributed by atoms with E-state index in [1.54, 1.807) is 7.05 Å². The van der Waals surface area contributed by atoms with Crippen molar-refractivity contribution in [3.63, 3.8) is 0 Å². The Morgan fingerprint density at radius 3 is 2.41 bits per heavy atom. The molecule has 3 N–H and O–H groups in total. The van der Waals surface area contributed by atoms with Crippen LogP contribution in [0.1, 0.15) is 0 Å². The van der Waals surface area contributed by atoms with Crippen LogP contribution in [0.15, 0.2) is 0 Å². The molecule has 0 aromatic heterocycles. The molecule has 7 heteroatoms. The van der Waals surface area contributed by atoms with Crippen LogP contribution in [0.25, 0.3) is 0 Å². The van der Waals surface area contributed by atoms with Gasteiger partial charge < -0.3 is 5.73 Å². The maximum atomic E-state index is 10.8. The Morgan fingerprint density at radius 1 is 1.35 bits per heavy atom. The number of amides is 2. The number of nitrogens with zero attached hydrogens (tertiary/aromatic N) is 3. The normalized spacial score (nSPS) is 17.9. The minimum absolute atomic E-state index is 0.277. The van der Waals surface area contributed by atoms with Gasteiger partial charge in [-0.05, 0) is 0 Å². The molecule has 0 radical (unpaired) electrons. The molecule has 0 atom stereocenters. The van der Waals surface area contributed by atoms with Crippen molar-refractivity contribution in [2.75, 3.05) is 52.9 Å². The number of hydrogen-bond acceptors (Lipinski definition) is 5. The number of rotatable bonds is 7. The van der Waals surface area contributed by atoms with E-state index in [2.05, 4.69) is 10.3 Å². The van der Waals surface area contributed by atoms with Gasteiger partial charge in [0.05, 0.1) is 6.54 Å². The molecule has 0 aromatic rings. The maximum absolute atomic E-state index is 10.8. The van der Waals surface area contributed by atoms with Crippen LogP contribution in [0.5, 0.6) is 0 Å². The third-order valence-corrected chi connectivity index (χ3v) is 2.92. The lowest BCUT2D eigenvalue weighted by Gasteiger charge is -2.34. The summed E-state index contributed by atoms with van der Waals surface area (Å²) in [6.07, 6.45) is 0.781. The topological polar surface area (TPSA) is 81.9 Å². The van der Waals surface area contributed by atoms with E-state index >= 15 is 0 Å². The molecule has 0 aliphatic carbocycles. The average Bonchev–Trinajstić information content (AvgIpc) is 2.32. The highest BCUT2D eigenvalue weighted by Gasteiger charge is 2.17. The van der Waals surface area contributed by atoms with Gasteiger partial charge in [-0.1, -0.05) is 0 Å². The first kappa shape index (κ1) is 13.9. The van der Waals surface area contributed by atoms with Crippen molar-refractivity contribution in [1.82, 2.24) is 20.2 Å². The molecule has 1 saturated heterocycles. The minimum atomic E-state index is -0.277. The molecule has 1 fully saturated rings.